The summed E-state index contributed by atoms with van der Waals surface area (Å²) in [5, 5.41) is 19.0. The molecule has 9 heteroatoms. The molecular weight excluding hydrogens is 266 g/mol. The van der Waals surface area contributed by atoms with Gasteiger partial charge >= 0.3 is 11.7 Å². The second-order valence-corrected chi connectivity index (χ2v) is 4.03. The molecular formula is C11H13N5O4. The van der Waals surface area contributed by atoms with Gasteiger partial charge < -0.3 is 4.74 Å². The number of esters is 1. The van der Waals surface area contributed by atoms with Gasteiger partial charge in [-0.2, -0.15) is 10.2 Å². The summed E-state index contributed by atoms with van der Waals surface area (Å²) >= 11 is 0. The molecule has 106 valence electrons. The molecule has 9 nitrogen and oxygen atoms in total. The summed E-state index contributed by atoms with van der Waals surface area (Å²) in [4.78, 5) is 21.9. The Morgan fingerprint density at radius 1 is 1.50 bits per heavy atom. The van der Waals surface area contributed by atoms with E-state index in [9.17, 15) is 14.9 Å². The lowest BCUT2D eigenvalue weighted by molar-refractivity contribution is -0.384. The van der Waals surface area contributed by atoms with Gasteiger partial charge in [0, 0.05) is 18.8 Å². The van der Waals surface area contributed by atoms with Crippen molar-refractivity contribution >= 4 is 11.7 Å². The van der Waals surface area contributed by atoms with Crippen molar-refractivity contribution in [2.24, 2.45) is 7.05 Å². The Morgan fingerprint density at radius 3 is 2.80 bits per heavy atom. The molecule has 0 aliphatic heterocycles. The Labute approximate surface area is 113 Å². The van der Waals surface area contributed by atoms with Gasteiger partial charge in [-0.25, -0.2) is 0 Å². The highest BCUT2D eigenvalue weighted by atomic mass is 16.6. The molecule has 0 radical (unpaired) electrons. The molecule has 0 atom stereocenters. The highest BCUT2D eigenvalue weighted by Gasteiger charge is 2.22. The van der Waals surface area contributed by atoms with E-state index in [-0.39, 0.29) is 24.5 Å². The predicted octanol–water partition coefficient (Wildman–Crippen LogP) is 0.755. The van der Waals surface area contributed by atoms with Crippen LogP contribution < -0.4 is 0 Å². The number of ether oxygens (including phenoxy) is 1. The van der Waals surface area contributed by atoms with E-state index in [2.05, 4.69) is 10.2 Å². The maximum absolute atomic E-state index is 11.4. The summed E-state index contributed by atoms with van der Waals surface area (Å²) in [5.74, 6) is -0.498. The number of hydrogen-bond acceptors (Lipinski definition) is 6. The van der Waals surface area contributed by atoms with E-state index >= 15 is 0 Å². The number of rotatable bonds is 5. The quantitative estimate of drug-likeness (QED) is 0.454. The monoisotopic (exact) mass is 279 g/mol. The smallest absolute Gasteiger partial charge is 0.327 e. The first-order valence-corrected chi connectivity index (χ1v) is 5.87. The van der Waals surface area contributed by atoms with Crippen molar-refractivity contribution in [2.75, 3.05) is 6.61 Å². The van der Waals surface area contributed by atoms with E-state index in [1.807, 2.05) is 0 Å². The van der Waals surface area contributed by atoms with Gasteiger partial charge in [-0.05, 0) is 6.92 Å². The molecule has 2 aromatic rings. The van der Waals surface area contributed by atoms with Crippen LogP contribution >= 0.6 is 0 Å². The van der Waals surface area contributed by atoms with Crippen LogP contribution in [0, 0.1) is 10.1 Å². The second-order valence-electron chi connectivity index (χ2n) is 4.03. The summed E-state index contributed by atoms with van der Waals surface area (Å²) < 4.78 is 7.49. The van der Waals surface area contributed by atoms with E-state index < -0.39 is 10.9 Å². The third-order valence-corrected chi connectivity index (χ3v) is 2.51. The van der Waals surface area contributed by atoms with Gasteiger partial charge in [0.05, 0.1) is 17.7 Å². The highest BCUT2D eigenvalue weighted by Crippen LogP contribution is 2.27. The minimum atomic E-state index is -0.545. The average molecular weight is 279 g/mol. The normalized spacial score (nSPS) is 10.5. The summed E-state index contributed by atoms with van der Waals surface area (Å²) in [7, 11) is 1.70. The number of carbonyl (C=O) groups is 1. The Kier molecular flexibility index (Phi) is 3.78. The van der Waals surface area contributed by atoms with Gasteiger partial charge in [-0.15, -0.1) is 0 Å². The molecule has 2 heterocycles. The number of aromatic nitrogens is 4. The van der Waals surface area contributed by atoms with Crippen molar-refractivity contribution in [3.8, 4) is 11.3 Å². The largest absolute Gasteiger partial charge is 0.465 e. The lowest BCUT2D eigenvalue weighted by Gasteiger charge is -2.00. The Bertz CT molecular complexity index is 645. The highest BCUT2D eigenvalue weighted by molar-refractivity contribution is 5.71. The predicted molar refractivity (Wildman–Crippen MR) is 67.7 cm³/mol. The molecule has 0 aliphatic rings. The molecule has 0 saturated heterocycles. The van der Waals surface area contributed by atoms with Crippen molar-refractivity contribution in [2.45, 2.75) is 13.5 Å². The fourth-order valence-electron chi connectivity index (χ4n) is 1.71. The van der Waals surface area contributed by atoms with Crippen LogP contribution in [0.4, 0.5) is 5.69 Å². The SMILES string of the molecule is CCOC(=O)Cn1cc([N+](=O)[O-])c(-c2cnn(C)c2)n1. The average Bonchev–Trinajstić information content (AvgIpc) is 2.95. The molecule has 20 heavy (non-hydrogen) atoms. The van der Waals surface area contributed by atoms with Gasteiger partial charge in [0.1, 0.15) is 12.7 Å². The van der Waals surface area contributed by atoms with Gasteiger partial charge in [0.15, 0.2) is 5.69 Å². The maximum Gasteiger partial charge on any atom is 0.327 e. The third kappa shape index (κ3) is 2.82. The Hall–Kier alpha value is -2.71. The molecule has 0 fully saturated rings. The molecule has 0 unspecified atom stereocenters. The number of aryl methyl sites for hydroxylation is 1. The van der Waals surface area contributed by atoms with E-state index in [1.54, 1.807) is 20.2 Å². The van der Waals surface area contributed by atoms with E-state index in [1.165, 1.54) is 21.8 Å². The van der Waals surface area contributed by atoms with Gasteiger partial charge in [-0.3, -0.25) is 24.3 Å². The van der Waals surface area contributed by atoms with Crippen LogP contribution in [0.1, 0.15) is 6.92 Å². The van der Waals surface area contributed by atoms with Crippen molar-refractivity contribution in [3.05, 3.63) is 28.7 Å². The zero-order chi connectivity index (χ0) is 14.7. The summed E-state index contributed by atoms with van der Waals surface area (Å²) in [6.07, 6.45) is 4.30. The molecule has 0 spiro atoms. The molecule has 2 rings (SSSR count). The van der Waals surface area contributed by atoms with Crippen molar-refractivity contribution in [1.29, 1.82) is 0 Å². The molecule has 0 aliphatic carbocycles. The summed E-state index contributed by atoms with van der Waals surface area (Å²) in [6.45, 7) is 1.76. The zero-order valence-corrected chi connectivity index (χ0v) is 11.0. The zero-order valence-electron chi connectivity index (χ0n) is 11.0. The van der Waals surface area contributed by atoms with E-state index in [4.69, 9.17) is 4.74 Å². The first-order valence-electron chi connectivity index (χ1n) is 5.87. The molecule has 2 aromatic heterocycles. The lowest BCUT2D eigenvalue weighted by Crippen LogP contribution is -2.13. The molecule has 0 saturated carbocycles. The van der Waals surface area contributed by atoms with Crippen molar-refractivity contribution in [3.63, 3.8) is 0 Å². The number of nitro groups is 1. The van der Waals surface area contributed by atoms with Crippen LogP contribution in [-0.2, 0) is 23.1 Å². The first-order chi connectivity index (χ1) is 9.51. The van der Waals surface area contributed by atoms with Gasteiger partial charge in [-0.1, -0.05) is 0 Å². The molecule has 0 bridgehead atoms. The minimum absolute atomic E-state index is 0.172. The Balaban J connectivity index is 2.34. The van der Waals surface area contributed by atoms with Crippen LogP contribution in [0.3, 0.4) is 0 Å². The summed E-state index contributed by atoms with van der Waals surface area (Å²) in [6, 6.07) is 0. The van der Waals surface area contributed by atoms with E-state index in [0.29, 0.717) is 5.56 Å². The third-order valence-electron chi connectivity index (χ3n) is 2.51. The van der Waals surface area contributed by atoms with Crippen LogP contribution in [0.5, 0.6) is 0 Å². The fraction of sp³-hybridized carbons (Fsp3) is 0.364. The standard InChI is InChI=1S/C11H13N5O4/c1-3-20-10(17)7-15-6-9(16(18)19)11(13-15)8-4-12-14(2)5-8/h4-6H,3,7H2,1-2H3. The Morgan fingerprint density at radius 2 is 2.25 bits per heavy atom. The molecule has 0 N–H and O–H groups in total. The maximum atomic E-state index is 11.4. The van der Waals surface area contributed by atoms with Crippen LogP contribution in [0.2, 0.25) is 0 Å². The summed E-state index contributed by atoms with van der Waals surface area (Å²) in [5.41, 5.74) is 0.511. The molecule has 0 aromatic carbocycles. The first kappa shape index (κ1) is 13.7. The van der Waals surface area contributed by atoms with Crippen LogP contribution in [0.15, 0.2) is 18.6 Å². The number of nitrogens with zero attached hydrogens (tertiary/aromatic N) is 5. The fourth-order valence-corrected chi connectivity index (χ4v) is 1.71. The molecule has 0 amide bonds. The van der Waals surface area contributed by atoms with E-state index in [0.717, 1.165) is 0 Å². The van der Waals surface area contributed by atoms with Crippen LogP contribution in [-0.4, -0.2) is 37.1 Å². The lowest BCUT2D eigenvalue weighted by atomic mass is 10.2. The minimum Gasteiger partial charge on any atom is -0.465 e. The van der Waals surface area contributed by atoms with Crippen molar-refractivity contribution < 1.29 is 14.5 Å². The number of hydrogen-bond donors (Lipinski definition) is 0. The topological polar surface area (TPSA) is 105 Å². The number of carbonyl (C=O) groups excluding carboxylic acids is 1. The van der Waals surface area contributed by atoms with Gasteiger partial charge in [0.2, 0.25) is 0 Å². The van der Waals surface area contributed by atoms with Crippen molar-refractivity contribution in [1.82, 2.24) is 19.6 Å². The van der Waals surface area contributed by atoms with Gasteiger partial charge in [0.25, 0.3) is 0 Å². The van der Waals surface area contributed by atoms with Crippen LogP contribution in [0.25, 0.3) is 11.3 Å². The second kappa shape index (κ2) is 5.51.